The molecule has 1 atom stereocenters. The van der Waals surface area contributed by atoms with Crippen LogP contribution in [0.15, 0.2) is 12.1 Å². The SMILES string of the molecule is Nc1ccc(F)c(F)c1OCC1CCOC1. The van der Waals surface area contributed by atoms with Crippen molar-refractivity contribution in [3.05, 3.63) is 23.8 Å². The first-order valence-corrected chi connectivity index (χ1v) is 5.12. The predicted octanol–water partition coefficient (Wildman–Crippen LogP) is 1.96. The van der Waals surface area contributed by atoms with Gasteiger partial charge in [0, 0.05) is 12.5 Å². The Kier molecular flexibility index (Phi) is 3.24. The van der Waals surface area contributed by atoms with Crippen molar-refractivity contribution in [2.75, 3.05) is 25.6 Å². The summed E-state index contributed by atoms with van der Waals surface area (Å²) >= 11 is 0. The number of halogens is 2. The second kappa shape index (κ2) is 4.65. The molecule has 88 valence electrons. The second-order valence-electron chi connectivity index (χ2n) is 3.82. The van der Waals surface area contributed by atoms with Crippen LogP contribution in [0.3, 0.4) is 0 Å². The summed E-state index contributed by atoms with van der Waals surface area (Å²) in [5.74, 6) is -1.96. The standard InChI is InChI=1S/C11H13F2NO2/c12-8-1-2-9(14)11(10(8)13)16-6-7-3-4-15-5-7/h1-2,7H,3-6,14H2. The Labute approximate surface area is 92.1 Å². The van der Waals surface area contributed by atoms with E-state index in [2.05, 4.69) is 0 Å². The first-order chi connectivity index (χ1) is 7.68. The molecule has 0 amide bonds. The minimum Gasteiger partial charge on any atom is -0.488 e. The Morgan fingerprint density at radius 1 is 1.44 bits per heavy atom. The first-order valence-electron chi connectivity index (χ1n) is 5.12. The Balaban J connectivity index is 2.05. The number of benzene rings is 1. The number of hydrogen-bond acceptors (Lipinski definition) is 3. The average molecular weight is 229 g/mol. The lowest BCUT2D eigenvalue weighted by atomic mass is 10.1. The van der Waals surface area contributed by atoms with Crippen LogP contribution in [0.1, 0.15) is 6.42 Å². The molecule has 0 spiro atoms. The van der Waals surface area contributed by atoms with Crippen LogP contribution in [0, 0.1) is 17.6 Å². The van der Waals surface area contributed by atoms with Crippen LogP contribution in [-0.4, -0.2) is 19.8 Å². The van der Waals surface area contributed by atoms with Crippen LogP contribution < -0.4 is 10.5 Å². The van der Waals surface area contributed by atoms with Gasteiger partial charge in [0.25, 0.3) is 0 Å². The lowest BCUT2D eigenvalue weighted by Crippen LogP contribution is -2.13. The van der Waals surface area contributed by atoms with E-state index in [0.29, 0.717) is 19.8 Å². The van der Waals surface area contributed by atoms with E-state index in [-0.39, 0.29) is 17.4 Å². The molecule has 1 fully saturated rings. The topological polar surface area (TPSA) is 44.5 Å². The van der Waals surface area contributed by atoms with Gasteiger partial charge in [-0.25, -0.2) is 4.39 Å². The zero-order valence-electron chi connectivity index (χ0n) is 8.71. The maximum atomic E-state index is 13.3. The molecule has 0 saturated carbocycles. The minimum absolute atomic E-state index is 0.109. The molecule has 1 aromatic rings. The van der Waals surface area contributed by atoms with E-state index >= 15 is 0 Å². The molecule has 1 saturated heterocycles. The van der Waals surface area contributed by atoms with Crippen LogP contribution in [0.4, 0.5) is 14.5 Å². The monoisotopic (exact) mass is 229 g/mol. The number of ether oxygens (including phenoxy) is 2. The summed E-state index contributed by atoms with van der Waals surface area (Å²) in [6.07, 6.45) is 0.872. The summed E-state index contributed by atoms with van der Waals surface area (Å²) in [6, 6.07) is 2.27. The molecule has 1 heterocycles. The van der Waals surface area contributed by atoms with Gasteiger partial charge in [0.1, 0.15) is 0 Å². The van der Waals surface area contributed by atoms with Crippen molar-refractivity contribution in [3.63, 3.8) is 0 Å². The van der Waals surface area contributed by atoms with E-state index in [4.69, 9.17) is 15.2 Å². The quantitative estimate of drug-likeness (QED) is 0.806. The zero-order valence-corrected chi connectivity index (χ0v) is 8.71. The van der Waals surface area contributed by atoms with Crippen LogP contribution in [-0.2, 0) is 4.74 Å². The number of anilines is 1. The van der Waals surface area contributed by atoms with Crippen LogP contribution >= 0.6 is 0 Å². The van der Waals surface area contributed by atoms with Gasteiger partial charge in [-0.1, -0.05) is 0 Å². The summed E-state index contributed by atoms with van der Waals surface area (Å²) in [6.45, 7) is 1.58. The van der Waals surface area contributed by atoms with Crippen molar-refractivity contribution in [2.45, 2.75) is 6.42 Å². The maximum absolute atomic E-state index is 13.3. The van der Waals surface area contributed by atoms with Gasteiger partial charge in [0.2, 0.25) is 5.82 Å². The Morgan fingerprint density at radius 3 is 2.94 bits per heavy atom. The van der Waals surface area contributed by atoms with Gasteiger partial charge in [-0.2, -0.15) is 4.39 Å². The molecule has 16 heavy (non-hydrogen) atoms. The number of nitrogen functional groups attached to an aromatic ring is 1. The van der Waals surface area contributed by atoms with Crippen molar-refractivity contribution in [2.24, 2.45) is 5.92 Å². The van der Waals surface area contributed by atoms with Crippen molar-refractivity contribution in [1.29, 1.82) is 0 Å². The van der Waals surface area contributed by atoms with Crippen molar-refractivity contribution in [3.8, 4) is 5.75 Å². The van der Waals surface area contributed by atoms with E-state index in [1.165, 1.54) is 6.07 Å². The fourth-order valence-electron chi connectivity index (χ4n) is 1.61. The summed E-state index contributed by atoms with van der Waals surface area (Å²) in [4.78, 5) is 0. The highest BCUT2D eigenvalue weighted by Gasteiger charge is 2.19. The van der Waals surface area contributed by atoms with E-state index in [1.807, 2.05) is 0 Å². The Bertz CT molecular complexity index is 378. The third kappa shape index (κ3) is 2.24. The lowest BCUT2D eigenvalue weighted by molar-refractivity contribution is 0.165. The van der Waals surface area contributed by atoms with E-state index in [9.17, 15) is 8.78 Å². The van der Waals surface area contributed by atoms with Gasteiger partial charge in [-0.3, -0.25) is 0 Å². The van der Waals surface area contributed by atoms with Crippen LogP contribution in [0.25, 0.3) is 0 Å². The molecule has 0 bridgehead atoms. The van der Waals surface area contributed by atoms with Gasteiger partial charge in [-0.15, -0.1) is 0 Å². The van der Waals surface area contributed by atoms with Gasteiger partial charge in [-0.05, 0) is 18.6 Å². The highest BCUT2D eigenvalue weighted by atomic mass is 19.2. The molecule has 1 aliphatic rings. The molecule has 5 heteroatoms. The molecule has 1 aliphatic heterocycles. The maximum Gasteiger partial charge on any atom is 0.202 e. The Morgan fingerprint density at radius 2 is 2.25 bits per heavy atom. The molecule has 0 aliphatic carbocycles. The molecule has 1 aromatic carbocycles. The van der Waals surface area contributed by atoms with Gasteiger partial charge in [0.05, 0.1) is 18.9 Å². The highest BCUT2D eigenvalue weighted by molar-refractivity contribution is 5.53. The molecule has 1 unspecified atom stereocenters. The summed E-state index contributed by atoms with van der Waals surface area (Å²) in [7, 11) is 0. The van der Waals surface area contributed by atoms with Gasteiger partial charge >= 0.3 is 0 Å². The van der Waals surface area contributed by atoms with Crippen LogP contribution in [0.5, 0.6) is 5.75 Å². The van der Waals surface area contributed by atoms with Gasteiger partial charge < -0.3 is 15.2 Å². The third-order valence-corrected chi connectivity index (χ3v) is 2.57. The van der Waals surface area contributed by atoms with Crippen molar-refractivity contribution in [1.82, 2.24) is 0 Å². The molecular weight excluding hydrogens is 216 g/mol. The fourth-order valence-corrected chi connectivity index (χ4v) is 1.61. The summed E-state index contributed by atoms with van der Waals surface area (Å²) in [5, 5.41) is 0. The van der Waals surface area contributed by atoms with Crippen LogP contribution in [0.2, 0.25) is 0 Å². The van der Waals surface area contributed by atoms with Gasteiger partial charge in [0.15, 0.2) is 11.6 Å². The number of nitrogens with two attached hydrogens (primary N) is 1. The predicted molar refractivity (Wildman–Crippen MR) is 55.2 cm³/mol. The van der Waals surface area contributed by atoms with E-state index < -0.39 is 11.6 Å². The fraction of sp³-hybridized carbons (Fsp3) is 0.455. The first kappa shape index (κ1) is 11.1. The van der Waals surface area contributed by atoms with E-state index in [1.54, 1.807) is 0 Å². The third-order valence-electron chi connectivity index (χ3n) is 2.57. The molecular formula is C11H13F2NO2. The van der Waals surface area contributed by atoms with E-state index in [0.717, 1.165) is 12.5 Å². The number of rotatable bonds is 3. The Hall–Kier alpha value is -1.36. The highest BCUT2D eigenvalue weighted by Crippen LogP contribution is 2.28. The molecule has 2 rings (SSSR count). The number of hydrogen-bond donors (Lipinski definition) is 1. The average Bonchev–Trinajstić information content (AvgIpc) is 2.77. The molecule has 3 nitrogen and oxygen atoms in total. The molecule has 0 aromatic heterocycles. The smallest absolute Gasteiger partial charge is 0.202 e. The second-order valence-corrected chi connectivity index (χ2v) is 3.82. The summed E-state index contributed by atoms with van der Waals surface area (Å²) < 4.78 is 36.6. The van der Waals surface area contributed by atoms with Crippen molar-refractivity contribution >= 4 is 5.69 Å². The molecule has 2 N–H and O–H groups in total. The normalized spacial score (nSPS) is 20.0. The molecule has 0 radical (unpaired) electrons. The van der Waals surface area contributed by atoms with Crippen molar-refractivity contribution < 1.29 is 18.3 Å². The minimum atomic E-state index is -1.03. The zero-order chi connectivity index (χ0) is 11.5. The largest absolute Gasteiger partial charge is 0.488 e. The summed E-state index contributed by atoms with van der Waals surface area (Å²) in [5.41, 5.74) is 5.62. The lowest BCUT2D eigenvalue weighted by Gasteiger charge is -2.12.